The highest BCUT2D eigenvalue weighted by Crippen LogP contribution is 2.43. The number of allylic oxidation sites excluding steroid dienone is 20. The Balaban J connectivity index is 4.60. The topological polar surface area (TPSA) is 129 Å². The summed E-state index contributed by atoms with van der Waals surface area (Å²) in [6.45, 7) is 3.66. The minimum Gasteiger partial charge on any atom is -0.462 e. The molecule has 344 valence electrons. The normalized spacial score (nSPS) is 15.2. The maximum atomic E-state index is 12.7. The Labute approximate surface area is 370 Å². The molecular formula is C50H81NO9P+. The molecule has 0 aromatic rings. The predicted octanol–water partition coefficient (Wildman–Crippen LogP) is 11.9. The number of hydrogen-bond donors (Lipinski definition) is 2. The average molecular weight is 871 g/mol. The summed E-state index contributed by atoms with van der Waals surface area (Å²) in [6, 6.07) is 0. The number of carbonyl (C=O) groups excluding carboxylic acids is 2. The van der Waals surface area contributed by atoms with Crippen LogP contribution in [0.15, 0.2) is 122 Å². The minimum atomic E-state index is -4.42. The summed E-state index contributed by atoms with van der Waals surface area (Å²) in [6.07, 6.45) is 54.0. The van der Waals surface area contributed by atoms with Crippen molar-refractivity contribution in [3.8, 4) is 0 Å². The Hall–Kier alpha value is -3.63. The molecular weight excluding hydrogens is 790 g/mol. The predicted molar refractivity (Wildman–Crippen MR) is 253 cm³/mol. The Morgan fingerprint density at radius 1 is 0.574 bits per heavy atom. The van der Waals surface area contributed by atoms with Crippen molar-refractivity contribution in [3.05, 3.63) is 122 Å². The number of aliphatic hydroxyl groups is 1. The van der Waals surface area contributed by atoms with E-state index in [0.717, 1.165) is 77.0 Å². The fraction of sp³-hybridized carbons (Fsp3) is 0.560. The van der Waals surface area contributed by atoms with Gasteiger partial charge in [-0.3, -0.25) is 18.6 Å². The van der Waals surface area contributed by atoms with E-state index in [1.807, 2.05) is 46.3 Å². The van der Waals surface area contributed by atoms with Gasteiger partial charge in [-0.1, -0.05) is 128 Å². The first kappa shape index (κ1) is 57.4. The summed E-state index contributed by atoms with van der Waals surface area (Å²) >= 11 is 0. The molecule has 3 atom stereocenters. The zero-order valence-electron chi connectivity index (χ0n) is 38.2. The fourth-order valence-electron chi connectivity index (χ4n) is 5.05. The smallest absolute Gasteiger partial charge is 0.462 e. The van der Waals surface area contributed by atoms with Gasteiger partial charge in [-0.05, 0) is 103 Å². The van der Waals surface area contributed by atoms with Gasteiger partial charge >= 0.3 is 19.8 Å². The molecule has 0 radical (unpaired) electrons. The number of nitrogens with zero attached hydrogens (tertiary/aromatic N) is 1. The number of quaternary nitrogens is 1. The highest BCUT2D eigenvalue weighted by molar-refractivity contribution is 7.47. The summed E-state index contributed by atoms with van der Waals surface area (Å²) in [5.41, 5.74) is 0. The third-order valence-electron chi connectivity index (χ3n) is 8.51. The molecule has 0 spiro atoms. The molecule has 0 bridgehead atoms. The lowest BCUT2D eigenvalue weighted by Crippen LogP contribution is -2.37. The van der Waals surface area contributed by atoms with Crippen molar-refractivity contribution in [3.63, 3.8) is 0 Å². The van der Waals surface area contributed by atoms with Crippen LogP contribution in [-0.2, 0) is 32.7 Å². The van der Waals surface area contributed by atoms with Crippen molar-refractivity contribution in [1.82, 2.24) is 0 Å². The van der Waals surface area contributed by atoms with Crippen LogP contribution in [-0.4, -0.2) is 86.1 Å². The van der Waals surface area contributed by atoms with E-state index in [-0.39, 0.29) is 32.2 Å². The highest BCUT2D eigenvalue weighted by atomic mass is 31.2. The van der Waals surface area contributed by atoms with Crippen molar-refractivity contribution < 1.29 is 47.2 Å². The maximum absolute atomic E-state index is 12.7. The summed E-state index contributed by atoms with van der Waals surface area (Å²) in [5.74, 6) is -0.994. The van der Waals surface area contributed by atoms with E-state index in [4.69, 9.17) is 18.5 Å². The van der Waals surface area contributed by atoms with Crippen molar-refractivity contribution >= 4 is 19.8 Å². The second-order valence-electron chi connectivity index (χ2n) is 15.6. The van der Waals surface area contributed by atoms with Crippen molar-refractivity contribution in [2.24, 2.45) is 0 Å². The molecule has 0 aromatic carbocycles. The Morgan fingerprint density at radius 3 is 1.44 bits per heavy atom. The van der Waals surface area contributed by atoms with E-state index in [2.05, 4.69) is 110 Å². The first-order valence-electron chi connectivity index (χ1n) is 22.3. The first-order valence-corrected chi connectivity index (χ1v) is 23.8. The zero-order chi connectivity index (χ0) is 45.1. The second kappa shape index (κ2) is 40.4. The Morgan fingerprint density at radius 2 is 1.00 bits per heavy atom. The van der Waals surface area contributed by atoms with Gasteiger partial charge in [-0.25, -0.2) is 4.57 Å². The van der Waals surface area contributed by atoms with E-state index in [9.17, 15) is 24.2 Å². The van der Waals surface area contributed by atoms with Crippen LogP contribution in [0.4, 0.5) is 0 Å². The van der Waals surface area contributed by atoms with Gasteiger partial charge in [-0.2, -0.15) is 0 Å². The molecule has 11 heteroatoms. The number of esters is 2. The highest BCUT2D eigenvalue weighted by Gasteiger charge is 2.27. The van der Waals surface area contributed by atoms with Gasteiger partial charge in [0.15, 0.2) is 6.10 Å². The molecule has 0 rings (SSSR count). The van der Waals surface area contributed by atoms with Gasteiger partial charge in [0.1, 0.15) is 19.8 Å². The molecule has 0 aliphatic carbocycles. The van der Waals surface area contributed by atoms with E-state index >= 15 is 0 Å². The molecule has 0 heterocycles. The molecule has 0 amide bonds. The standard InChI is InChI=1S/C50H80NO9P/c1-6-7-8-9-10-11-12-13-14-15-16-17-20-23-26-29-32-35-38-41-49(53)57-45-48(46-59-61(55,56)58-44-43-51(3,4)5)60-50(54)42-39-36-33-30-27-24-21-18-19-22-25-28-31-34-37-40-47(2)52/h7-8,10-11,13-14,16-17,19,21-24,26,28,30-33,35,47-48,52H,6,9,12,15,18,20,25,27,29,34,36-46H2,1-5H3/p+1/b8-7-,11-10-,14-13-,17-16-,22-19-,24-21-,26-23-,31-28-,33-30-,35-32-/t47-,48+/m0/s1. The molecule has 0 saturated carbocycles. The molecule has 0 saturated heterocycles. The molecule has 2 N–H and O–H groups in total. The number of aliphatic hydroxyl groups excluding tert-OH is 1. The summed E-state index contributed by atoms with van der Waals surface area (Å²) in [7, 11) is 1.36. The largest absolute Gasteiger partial charge is 0.472 e. The lowest BCUT2D eigenvalue weighted by molar-refractivity contribution is -0.870. The monoisotopic (exact) mass is 871 g/mol. The quantitative estimate of drug-likeness (QED) is 0.0205. The van der Waals surface area contributed by atoms with Crippen molar-refractivity contribution in [1.29, 1.82) is 0 Å². The van der Waals surface area contributed by atoms with Gasteiger partial charge in [0.05, 0.1) is 33.9 Å². The summed E-state index contributed by atoms with van der Waals surface area (Å²) in [4.78, 5) is 35.3. The number of hydrogen-bond acceptors (Lipinski definition) is 8. The van der Waals surface area contributed by atoms with Gasteiger partial charge in [0.25, 0.3) is 0 Å². The molecule has 0 aliphatic heterocycles. The third kappa shape index (κ3) is 45.7. The number of phosphoric ester groups is 1. The number of rotatable bonds is 38. The van der Waals surface area contributed by atoms with Crippen LogP contribution < -0.4 is 0 Å². The van der Waals surface area contributed by atoms with E-state index < -0.39 is 32.5 Å². The lowest BCUT2D eigenvalue weighted by atomic mass is 10.1. The second-order valence-corrected chi connectivity index (χ2v) is 17.1. The van der Waals surface area contributed by atoms with Crippen LogP contribution in [0.2, 0.25) is 0 Å². The maximum Gasteiger partial charge on any atom is 0.472 e. The van der Waals surface area contributed by atoms with Gasteiger partial charge < -0.3 is 24.0 Å². The lowest BCUT2D eigenvalue weighted by Gasteiger charge is -2.24. The van der Waals surface area contributed by atoms with Gasteiger partial charge in [-0.15, -0.1) is 0 Å². The molecule has 0 aromatic heterocycles. The molecule has 61 heavy (non-hydrogen) atoms. The number of ether oxygens (including phenoxy) is 2. The number of unbranched alkanes of at least 4 members (excludes halogenated alkanes) is 2. The van der Waals surface area contributed by atoms with Crippen LogP contribution in [0.5, 0.6) is 0 Å². The van der Waals surface area contributed by atoms with Crippen LogP contribution in [0, 0.1) is 0 Å². The minimum absolute atomic E-state index is 0.00315. The molecule has 0 aliphatic rings. The Bertz CT molecular complexity index is 1460. The van der Waals surface area contributed by atoms with Crippen molar-refractivity contribution in [2.45, 2.75) is 135 Å². The number of phosphoric acid groups is 1. The summed E-state index contributed by atoms with van der Waals surface area (Å²) < 4.78 is 34.1. The zero-order valence-corrected chi connectivity index (χ0v) is 39.1. The van der Waals surface area contributed by atoms with Crippen molar-refractivity contribution in [2.75, 3.05) is 47.5 Å². The molecule has 10 nitrogen and oxygen atoms in total. The third-order valence-corrected chi connectivity index (χ3v) is 9.49. The first-order chi connectivity index (χ1) is 29.3. The fourth-order valence-corrected chi connectivity index (χ4v) is 5.79. The number of carbonyl (C=O) groups is 2. The number of likely N-dealkylation sites (N-methyl/N-ethyl adjacent to an activating group) is 1. The Kier molecular flexibility index (Phi) is 38.0. The molecule has 0 fully saturated rings. The van der Waals surface area contributed by atoms with E-state index in [1.165, 1.54) is 0 Å². The van der Waals surface area contributed by atoms with Crippen LogP contribution in [0.1, 0.15) is 123 Å². The SMILES string of the molecule is CC/C=C\C/C=C\C/C=C\C/C=C\C/C=C\C/C=C\CCC(=O)OC[C@H](COP(=O)(O)OCC[N+](C)(C)C)OC(=O)CCC/C=C\C/C=C\C/C=C\C/C=C\CCC[C@H](C)O. The van der Waals surface area contributed by atoms with Gasteiger partial charge in [0, 0.05) is 12.8 Å². The van der Waals surface area contributed by atoms with Crippen LogP contribution in [0.25, 0.3) is 0 Å². The summed E-state index contributed by atoms with van der Waals surface area (Å²) in [5, 5.41) is 9.28. The van der Waals surface area contributed by atoms with Crippen LogP contribution >= 0.6 is 7.82 Å². The average Bonchev–Trinajstić information content (AvgIpc) is 3.20. The molecule has 1 unspecified atom stereocenters. The van der Waals surface area contributed by atoms with E-state index in [0.29, 0.717) is 30.3 Å². The van der Waals surface area contributed by atoms with Crippen LogP contribution in [0.3, 0.4) is 0 Å². The van der Waals surface area contributed by atoms with E-state index in [1.54, 1.807) is 0 Å². The van der Waals surface area contributed by atoms with Gasteiger partial charge in [0.2, 0.25) is 0 Å².